The number of alkyl halides is 3. The van der Waals surface area contributed by atoms with Crippen molar-refractivity contribution >= 4 is 15.9 Å². The molecule has 0 aromatic heterocycles. The average Bonchev–Trinajstić information content (AvgIpc) is 2.40. The van der Waals surface area contributed by atoms with Crippen LogP contribution in [0.4, 0.5) is 13.2 Å². The summed E-state index contributed by atoms with van der Waals surface area (Å²) in [6, 6.07) is 4.07. The number of carbonyl (C=O) groups is 1. The molecule has 2 rings (SSSR count). The number of piperidine rings is 1. The minimum Gasteiger partial charge on any atom is -0.355 e. The first kappa shape index (κ1) is 16.8. The topological polar surface area (TPSA) is 75.3 Å². The van der Waals surface area contributed by atoms with Gasteiger partial charge in [-0.3, -0.25) is 4.79 Å². The van der Waals surface area contributed by atoms with Gasteiger partial charge in [-0.1, -0.05) is 18.2 Å². The van der Waals surface area contributed by atoms with Gasteiger partial charge < -0.3 is 5.32 Å². The fourth-order valence-corrected chi connectivity index (χ4v) is 3.71. The quantitative estimate of drug-likeness (QED) is 0.873. The van der Waals surface area contributed by atoms with E-state index in [1.54, 1.807) is 0 Å². The highest BCUT2D eigenvalue weighted by molar-refractivity contribution is 7.88. The lowest BCUT2D eigenvalue weighted by atomic mass is 10.1. The van der Waals surface area contributed by atoms with Crippen LogP contribution in [0, 0.1) is 0 Å². The second-order valence-electron chi connectivity index (χ2n) is 5.07. The molecule has 1 atom stereocenters. The third-order valence-corrected chi connectivity index (χ3v) is 4.66. The van der Waals surface area contributed by atoms with Crippen molar-refractivity contribution in [3.8, 4) is 0 Å². The first-order chi connectivity index (χ1) is 10.2. The van der Waals surface area contributed by atoms with Gasteiger partial charge in [0, 0.05) is 19.0 Å². The molecule has 0 spiro atoms. The van der Waals surface area contributed by atoms with Gasteiger partial charge in [-0.05, 0) is 18.1 Å². The zero-order valence-electron chi connectivity index (χ0n) is 11.5. The molecule has 1 aliphatic heterocycles. The third kappa shape index (κ3) is 4.44. The van der Waals surface area contributed by atoms with Gasteiger partial charge in [0.25, 0.3) is 0 Å². The van der Waals surface area contributed by atoms with Gasteiger partial charge >= 0.3 is 6.18 Å². The highest BCUT2D eigenvalue weighted by atomic mass is 32.2. The lowest BCUT2D eigenvalue weighted by molar-refractivity contribution is -0.138. The minimum atomic E-state index is -4.61. The maximum absolute atomic E-state index is 12.9. The number of nitrogens with one attached hydrogen (secondary N) is 2. The Kier molecular flexibility index (Phi) is 4.76. The SMILES string of the molecule is O=C1CC[C@@H](NS(=O)(=O)Cc2ccccc2C(F)(F)F)CN1. The van der Waals surface area contributed by atoms with Crippen LogP contribution in [0.1, 0.15) is 24.0 Å². The molecular weight excluding hydrogens is 321 g/mol. The largest absolute Gasteiger partial charge is 0.416 e. The van der Waals surface area contributed by atoms with Crippen molar-refractivity contribution in [2.45, 2.75) is 30.8 Å². The Hall–Kier alpha value is -1.61. The molecular formula is C13H15F3N2O3S. The normalized spacial score (nSPS) is 19.8. The molecule has 122 valence electrons. The predicted octanol–water partition coefficient (Wildman–Crippen LogP) is 1.40. The maximum atomic E-state index is 12.9. The fourth-order valence-electron chi connectivity index (χ4n) is 2.26. The van der Waals surface area contributed by atoms with Crippen LogP contribution >= 0.6 is 0 Å². The van der Waals surface area contributed by atoms with Crippen molar-refractivity contribution in [1.82, 2.24) is 10.0 Å². The van der Waals surface area contributed by atoms with Gasteiger partial charge in [-0.25, -0.2) is 13.1 Å². The van der Waals surface area contributed by atoms with Gasteiger partial charge in [0.1, 0.15) is 0 Å². The van der Waals surface area contributed by atoms with Crippen molar-refractivity contribution < 1.29 is 26.4 Å². The second-order valence-corrected chi connectivity index (χ2v) is 6.83. The van der Waals surface area contributed by atoms with Crippen molar-refractivity contribution in [1.29, 1.82) is 0 Å². The zero-order chi connectivity index (χ0) is 16.4. The number of carbonyl (C=O) groups excluding carboxylic acids is 1. The monoisotopic (exact) mass is 336 g/mol. The summed E-state index contributed by atoms with van der Waals surface area (Å²) >= 11 is 0. The number of rotatable bonds is 4. The molecule has 2 N–H and O–H groups in total. The van der Waals surface area contributed by atoms with E-state index in [4.69, 9.17) is 0 Å². The van der Waals surface area contributed by atoms with Crippen molar-refractivity contribution in [2.24, 2.45) is 0 Å². The van der Waals surface area contributed by atoms with E-state index >= 15 is 0 Å². The predicted molar refractivity (Wildman–Crippen MR) is 73.2 cm³/mol. The maximum Gasteiger partial charge on any atom is 0.416 e. The summed E-state index contributed by atoms with van der Waals surface area (Å²) < 4.78 is 65.0. The van der Waals surface area contributed by atoms with Crippen molar-refractivity contribution in [3.05, 3.63) is 35.4 Å². The van der Waals surface area contributed by atoms with Crippen LogP contribution in [-0.2, 0) is 26.7 Å². The molecule has 9 heteroatoms. The molecule has 1 aromatic rings. The summed E-state index contributed by atoms with van der Waals surface area (Å²) in [5.41, 5.74) is -1.26. The molecule has 0 unspecified atom stereocenters. The molecule has 1 fully saturated rings. The van der Waals surface area contributed by atoms with Gasteiger partial charge in [0.05, 0.1) is 11.3 Å². The van der Waals surface area contributed by atoms with E-state index in [0.29, 0.717) is 6.42 Å². The molecule has 0 radical (unpaired) electrons. The zero-order valence-corrected chi connectivity index (χ0v) is 12.3. The molecule has 1 saturated heterocycles. The van der Waals surface area contributed by atoms with Crippen LogP contribution in [0.25, 0.3) is 0 Å². The van der Waals surface area contributed by atoms with Crippen LogP contribution in [0.5, 0.6) is 0 Å². The molecule has 1 aromatic carbocycles. The Morgan fingerprint density at radius 1 is 1.27 bits per heavy atom. The Bertz CT molecular complexity index is 649. The van der Waals surface area contributed by atoms with Crippen molar-refractivity contribution in [2.75, 3.05) is 6.54 Å². The molecule has 22 heavy (non-hydrogen) atoms. The molecule has 5 nitrogen and oxygen atoms in total. The number of hydrogen-bond donors (Lipinski definition) is 2. The second kappa shape index (κ2) is 6.25. The van der Waals surface area contributed by atoms with E-state index in [9.17, 15) is 26.4 Å². The lowest BCUT2D eigenvalue weighted by Gasteiger charge is -2.23. The lowest BCUT2D eigenvalue weighted by Crippen LogP contribution is -2.48. The van der Waals surface area contributed by atoms with E-state index in [1.165, 1.54) is 12.1 Å². The van der Waals surface area contributed by atoms with Gasteiger partial charge in [0.2, 0.25) is 15.9 Å². The van der Waals surface area contributed by atoms with Gasteiger partial charge in [-0.2, -0.15) is 13.2 Å². The highest BCUT2D eigenvalue weighted by Gasteiger charge is 2.34. The van der Waals surface area contributed by atoms with Crippen LogP contribution in [0.3, 0.4) is 0 Å². The summed E-state index contributed by atoms with van der Waals surface area (Å²) in [7, 11) is -3.94. The Morgan fingerprint density at radius 3 is 2.55 bits per heavy atom. The molecule has 0 aliphatic carbocycles. The van der Waals surface area contributed by atoms with E-state index < -0.39 is 33.6 Å². The standard InChI is InChI=1S/C13H15F3N2O3S/c14-13(15,16)11-4-2-1-3-9(11)8-22(20,21)18-10-5-6-12(19)17-7-10/h1-4,10,18H,5-8H2,(H,17,19)/t10-/m1/s1. The van der Waals surface area contributed by atoms with E-state index in [2.05, 4.69) is 10.0 Å². The number of halogens is 3. The van der Waals surface area contributed by atoms with E-state index in [0.717, 1.165) is 12.1 Å². The molecule has 0 saturated carbocycles. The first-order valence-electron chi connectivity index (χ1n) is 6.59. The number of sulfonamides is 1. The van der Waals surface area contributed by atoms with Gasteiger partial charge in [-0.15, -0.1) is 0 Å². The number of hydrogen-bond acceptors (Lipinski definition) is 3. The fraction of sp³-hybridized carbons (Fsp3) is 0.462. The highest BCUT2D eigenvalue weighted by Crippen LogP contribution is 2.32. The summed E-state index contributed by atoms with van der Waals surface area (Å²) in [4.78, 5) is 11.0. The summed E-state index contributed by atoms with van der Waals surface area (Å²) in [5, 5.41) is 2.51. The van der Waals surface area contributed by atoms with E-state index in [1.807, 2.05) is 0 Å². The number of amides is 1. The molecule has 1 amide bonds. The molecule has 1 heterocycles. The van der Waals surface area contributed by atoms with Crippen LogP contribution in [-0.4, -0.2) is 26.9 Å². The van der Waals surface area contributed by atoms with Crippen molar-refractivity contribution in [3.63, 3.8) is 0 Å². The van der Waals surface area contributed by atoms with Crippen LogP contribution in [0.15, 0.2) is 24.3 Å². The molecule has 1 aliphatic rings. The smallest absolute Gasteiger partial charge is 0.355 e. The summed E-state index contributed by atoms with van der Waals surface area (Å²) in [6.07, 6.45) is -4.09. The Morgan fingerprint density at radius 2 is 1.95 bits per heavy atom. The first-order valence-corrected chi connectivity index (χ1v) is 8.24. The average molecular weight is 336 g/mol. The van der Waals surface area contributed by atoms with Crippen LogP contribution in [0.2, 0.25) is 0 Å². The number of benzene rings is 1. The third-order valence-electron chi connectivity index (χ3n) is 3.28. The summed E-state index contributed by atoms with van der Waals surface area (Å²) in [6.45, 7) is 0.138. The van der Waals surface area contributed by atoms with E-state index in [-0.39, 0.29) is 24.4 Å². The van der Waals surface area contributed by atoms with Gasteiger partial charge in [0.15, 0.2) is 0 Å². The van der Waals surface area contributed by atoms with Crippen LogP contribution < -0.4 is 10.0 Å². The molecule has 0 bridgehead atoms. The Balaban J connectivity index is 2.11. The minimum absolute atomic E-state index is 0.138. The Labute approximate surface area is 125 Å². The summed E-state index contributed by atoms with van der Waals surface area (Å²) in [5.74, 6) is -0.925.